The van der Waals surface area contributed by atoms with Gasteiger partial charge >= 0.3 is 0 Å². The van der Waals surface area contributed by atoms with Crippen LogP contribution in [0.1, 0.15) is 6.92 Å². The molecule has 24 heavy (non-hydrogen) atoms. The van der Waals surface area contributed by atoms with E-state index >= 15 is 0 Å². The van der Waals surface area contributed by atoms with Crippen molar-refractivity contribution in [3.8, 4) is 0 Å². The second kappa shape index (κ2) is 7.90. The van der Waals surface area contributed by atoms with Crippen molar-refractivity contribution in [3.05, 3.63) is 115 Å². The van der Waals surface area contributed by atoms with Gasteiger partial charge in [-0.1, -0.05) is 66.7 Å². The van der Waals surface area contributed by atoms with Crippen molar-refractivity contribution in [3.63, 3.8) is 0 Å². The zero-order valence-corrected chi connectivity index (χ0v) is 14.8. The highest BCUT2D eigenvalue weighted by Crippen LogP contribution is 2.56. The van der Waals surface area contributed by atoms with E-state index in [2.05, 4.69) is 122 Å². The first-order chi connectivity index (χ1) is 11.9. The van der Waals surface area contributed by atoms with Crippen LogP contribution in [0.5, 0.6) is 0 Å². The van der Waals surface area contributed by atoms with E-state index in [0.29, 0.717) is 0 Å². The Labute approximate surface area is 145 Å². The van der Waals surface area contributed by atoms with E-state index in [1.165, 1.54) is 15.9 Å². The highest BCUT2D eigenvalue weighted by atomic mass is 31.2. The molecule has 0 unspecified atom stereocenters. The van der Waals surface area contributed by atoms with Gasteiger partial charge < -0.3 is 0 Å². The maximum atomic E-state index is 2.41. The van der Waals surface area contributed by atoms with Gasteiger partial charge in [0.25, 0.3) is 0 Å². The lowest BCUT2D eigenvalue weighted by atomic mass is 10.4. The van der Waals surface area contributed by atoms with Crippen LogP contribution in [0.25, 0.3) is 0 Å². The predicted octanol–water partition coefficient (Wildman–Crippen LogP) is 5.07. The number of allylic oxidation sites excluding steroid dienone is 3. The molecular formula is C23H22P+. The lowest BCUT2D eigenvalue weighted by Crippen LogP contribution is -2.29. The van der Waals surface area contributed by atoms with Gasteiger partial charge in [-0.25, -0.2) is 0 Å². The number of hydrogen-bond donors (Lipinski definition) is 0. The average molecular weight is 329 g/mol. The molecule has 0 fully saturated rings. The maximum Gasteiger partial charge on any atom is 0.136 e. The standard InChI is InChI=1S/C23H22P/c1-2-3-13-20-24(21-14-7-4-8-15-21,22-16-9-5-10-17-22)23-18-11-6-12-19-23/h2-20H,1H3/q+1/b3-2+,20-13+. The van der Waals surface area contributed by atoms with Gasteiger partial charge in [0, 0.05) is 0 Å². The average Bonchev–Trinajstić information content (AvgIpc) is 2.68. The third-order valence-corrected chi connectivity index (χ3v) is 8.06. The molecule has 3 aromatic rings. The van der Waals surface area contributed by atoms with Gasteiger partial charge in [0.1, 0.15) is 23.2 Å². The van der Waals surface area contributed by atoms with Crippen LogP contribution < -0.4 is 15.9 Å². The molecule has 0 heterocycles. The van der Waals surface area contributed by atoms with E-state index in [1.807, 2.05) is 0 Å². The Hall–Kier alpha value is -2.43. The summed E-state index contributed by atoms with van der Waals surface area (Å²) in [6.07, 6.45) is 6.39. The first-order valence-electron chi connectivity index (χ1n) is 8.24. The highest BCUT2D eigenvalue weighted by molar-refractivity contribution is 7.98. The second-order valence-electron chi connectivity index (χ2n) is 5.60. The summed E-state index contributed by atoms with van der Waals surface area (Å²) >= 11 is 0. The Kier molecular flexibility index (Phi) is 5.41. The van der Waals surface area contributed by atoms with Gasteiger partial charge in [0.05, 0.1) is 5.82 Å². The summed E-state index contributed by atoms with van der Waals surface area (Å²) in [5, 5.41) is 4.13. The van der Waals surface area contributed by atoms with Crippen LogP contribution in [0.4, 0.5) is 0 Å². The fourth-order valence-corrected chi connectivity index (χ4v) is 6.68. The van der Waals surface area contributed by atoms with Crippen LogP contribution in [-0.4, -0.2) is 0 Å². The van der Waals surface area contributed by atoms with E-state index in [0.717, 1.165) is 0 Å². The van der Waals surface area contributed by atoms with Crippen LogP contribution in [-0.2, 0) is 0 Å². The highest BCUT2D eigenvalue weighted by Gasteiger charge is 2.42. The Bertz CT molecular complexity index is 706. The third kappa shape index (κ3) is 3.25. The van der Waals surface area contributed by atoms with Crippen molar-refractivity contribution in [2.45, 2.75) is 6.92 Å². The van der Waals surface area contributed by atoms with E-state index in [1.54, 1.807) is 0 Å². The van der Waals surface area contributed by atoms with Gasteiger partial charge in [-0.2, -0.15) is 0 Å². The molecule has 0 aromatic heterocycles. The zero-order valence-electron chi connectivity index (χ0n) is 13.9. The summed E-state index contributed by atoms with van der Waals surface area (Å²) in [7, 11) is -1.81. The summed E-state index contributed by atoms with van der Waals surface area (Å²) in [5.74, 6) is 2.41. The Balaban J connectivity index is 2.32. The molecule has 0 aliphatic rings. The van der Waals surface area contributed by atoms with Gasteiger partial charge in [-0.3, -0.25) is 0 Å². The van der Waals surface area contributed by atoms with Crippen LogP contribution >= 0.6 is 7.26 Å². The molecule has 0 bridgehead atoms. The van der Waals surface area contributed by atoms with Crippen molar-refractivity contribution in [1.29, 1.82) is 0 Å². The van der Waals surface area contributed by atoms with Gasteiger partial charge in [0.15, 0.2) is 0 Å². The fraction of sp³-hybridized carbons (Fsp3) is 0.0435. The van der Waals surface area contributed by atoms with E-state index < -0.39 is 7.26 Å². The van der Waals surface area contributed by atoms with Crippen LogP contribution in [0.2, 0.25) is 0 Å². The summed E-state index contributed by atoms with van der Waals surface area (Å²) in [4.78, 5) is 0. The molecule has 0 atom stereocenters. The zero-order chi connectivity index (χ0) is 16.7. The van der Waals surface area contributed by atoms with Crippen molar-refractivity contribution < 1.29 is 0 Å². The first kappa shape index (κ1) is 16.4. The van der Waals surface area contributed by atoms with E-state index in [9.17, 15) is 0 Å². The Morgan fingerprint density at radius 3 is 1.25 bits per heavy atom. The summed E-state index contributed by atoms with van der Waals surface area (Å²) in [6.45, 7) is 2.05. The van der Waals surface area contributed by atoms with Crippen molar-refractivity contribution in [2.75, 3.05) is 0 Å². The molecule has 0 amide bonds. The van der Waals surface area contributed by atoms with Gasteiger partial charge in [-0.15, -0.1) is 0 Å². The minimum Gasteiger partial charge on any atom is -0.0875 e. The van der Waals surface area contributed by atoms with Gasteiger partial charge in [0.2, 0.25) is 0 Å². The smallest absolute Gasteiger partial charge is 0.0875 e. The molecule has 0 saturated heterocycles. The second-order valence-corrected chi connectivity index (χ2v) is 8.89. The molecule has 0 aliphatic heterocycles. The number of benzene rings is 3. The lowest BCUT2D eigenvalue weighted by Gasteiger charge is -2.23. The maximum absolute atomic E-state index is 2.41. The third-order valence-electron chi connectivity index (χ3n) is 4.10. The molecule has 0 nitrogen and oxygen atoms in total. The van der Waals surface area contributed by atoms with Crippen molar-refractivity contribution >= 4 is 23.2 Å². The van der Waals surface area contributed by atoms with E-state index in [-0.39, 0.29) is 0 Å². The fourth-order valence-electron chi connectivity index (χ4n) is 2.98. The predicted molar refractivity (Wildman–Crippen MR) is 109 cm³/mol. The topological polar surface area (TPSA) is 0 Å². The summed E-state index contributed by atoms with van der Waals surface area (Å²) < 4.78 is 0. The van der Waals surface area contributed by atoms with Gasteiger partial charge in [-0.05, 0) is 49.4 Å². The molecule has 0 saturated carbocycles. The minimum absolute atomic E-state index is 1.38. The lowest BCUT2D eigenvalue weighted by molar-refractivity contribution is 1.71. The minimum atomic E-state index is -1.81. The van der Waals surface area contributed by atoms with Crippen LogP contribution in [0.3, 0.4) is 0 Å². The molecule has 0 N–H and O–H groups in total. The molecule has 118 valence electrons. The van der Waals surface area contributed by atoms with Crippen LogP contribution in [0.15, 0.2) is 115 Å². The molecule has 0 radical (unpaired) electrons. The summed E-state index contributed by atoms with van der Waals surface area (Å²) in [5.41, 5.74) is 0. The molecule has 3 aromatic carbocycles. The Morgan fingerprint density at radius 2 is 0.917 bits per heavy atom. The van der Waals surface area contributed by atoms with Crippen molar-refractivity contribution in [2.24, 2.45) is 0 Å². The molecular weight excluding hydrogens is 307 g/mol. The van der Waals surface area contributed by atoms with Crippen molar-refractivity contribution in [1.82, 2.24) is 0 Å². The SMILES string of the molecule is C/C=C/C=C/[P+](c1ccccc1)(c1ccccc1)c1ccccc1. The molecule has 0 spiro atoms. The normalized spacial score (nSPS) is 12.0. The number of hydrogen-bond acceptors (Lipinski definition) is 0. The monoisotopic (exact) mass is 329 g/mol. The quantitative estimate of drug-likeness (QED) is 0.453. The number of rotatable bonds is 5. The largest absolute Gasteiger partial charge is 0.136 e. The van der Waals surface area contributed by atoms with Crippen LogP contribution in [0, 0.1) is 0 Å². The van der Waals surface area contributed by atoms with E-state index in [4.69, 9.17) is 0 Å². The molecule has 0 aliphatic carbocycles. The Morgan fingerprint density at radius 1 is 0.542 bits per heavy atom. The first-order valence-corrected chi connectivity index (χ1v) is 10.1. The summed E-state index contributed by atoms with van der Waals surface area (Å²) in [6, 6.07) is 32.6. The molecule has 1 heteroatoms. The molecule has 3 rings (SSSR count).